The molecule has 2 aromatic carbocycles. The molecule has 0 saturated carbocycles. The van der Waals surface area contributed by atoms with E-state index in [1.807, 2.05) is 37.3 Å². The lowest BCUT2D eigenvalue weighted by molar-refractivity contribution is -0.141. The fourth-order valence-corrected chi connectivity index (χ4v) is 4.32. The van der Waals surface area contributed by atoms with Crippen LogP contribution in [0.4, 0.5) is 9.18 Å². The molecule has 4 amide bonds. The quantitative estimate of drug-likeness (QED) is 0.230. The second-order valence-electron chi connectivity index (χ2n) is 11.0. The van der Waals surface area contributed by atoms with Crippen molar-refractivity contribution in [1.82, 2.24) is 21.3 Å². The van der Waals surface area contributed by atoms with Crippen molar-refractivity contribution < 1.29 is 33.1 Å². The van der Waals surface area contributed by atoms with Gasteiger partial charge in [0.05, 0.1) is 18.2 Å². The lowest BCUT2D eigenvalue weighted by atomic mass is 10.00. The highest BCUT2D eigenvalue weighted by molar-refractivity contribution is 6.38. The fraction of sp³-hybridized carbons (Fsp3) is 0.469. The Balaban J connectivity index is 2.24. The highest BCUT2D eigenvalue weighted by atomic mass is 19.1. The largest absolute Gasteiger partial charge is 0.447 e. The lowest BCUT2D eigenvalue weighted by Crippen LogP contribution is -2.58. The Kier molecular flexibility index (Phi) is 13.8. The third-order valence-electron chi connectivity index (χ3n) is 6.63. The van der Waals surface area contributed by atoms with E-state index in [4.69, 9.17) is 4.74 Å². The van der Waals surface area contributed by atoms with E-state index in [2.05, 4.69) is 21.3 Å². The second kappa shape index (κ2) is 17.0. The minimum atomic E-state index is -1.21. The molecular formula is C32H43FN4O6. The Labute approximate surface area is 252 Å². The molecule has 0 aliphatic carbocycles. The summed E-state index contributed by atoms with van der Waals surface area (Å²) in [7, 11) is 0. The number of hydrogen-bond donors (Lipinski definition) is 4. The average molecular weight is 599 g/mol. The molecule has 4 N–H and O–H groups in total. The average Bonchev–Trinajstić information content (AvgIpc) is 2.95. The lowest BCUT2D eigenvalue weighted by Gasteiger charge is -2.27. The molecule has 11 heteroatoms. The first-order valence-corrected chi connectivity index (χ1v) is 14.5. The number of benzene rings is 2. The van der Waals surface area contributed by atoms with Crippen LogP contribution in [0.15, 0.2) is 54.6 Å². The van der Waals surface area contributed by atoms with Crippen LogP contribution < -0.4 is 21.3 Å². The van der Waals surface area contributed by atoms with Gasteiger partial charge in [0.25, 0.3) is 5.91 Å². The molecule has 0 aliphatic rings. The van der Waals surface area contributed by atoms with Crippen molar-refractivity contribution in [2.45, 2.75) is 91.1 Å². The van der Waals surface area contributed by atoms with Gasteiger partial charge in [0.15, 0.2) is 0 Å². The Bertz CT molecular complexity index is 1240. The molecule has 2 unspecified atom stereocenters. The molecule has 0 heterocycles. The number of hydrogen-bond acceptors (Lipinski definition) is 6. The molecule has 43 heavy (non-hydrogen) atoms. The summed E-state index contributed by atoms with van der Waals surface area (Å²) >= 11 is 0. The van der Waals surface area contributed by atoms with E-state index in [0.29, 0.717) is 12.0 Å². The first-order valence-electron chi connectivity index (χ1n) is 14.5. The van der Waals surface area contributed by atoms with Crippen LogP contribution in [-0.4, -0.2) is 53.8 Å². The zero-order valence-corrected chi connectivity index (χ0v) is 25.6. The summed E-state index contributed by atoms with van der Waals surface area (Å²) in [5.74, 6) is -3.85. The standard InChI is InChI=1S/C32H43FN4O6/c1-7-11-25(28(38)31(41)34-21(6)23-12-9-8-10-13-23)35-29(39)26(18-22-14-16-24(33)17-15-22)36-30(40)27(19(2)3)37-32(42)43-20(4)5/h8-10,12-17,19-21,25-27H,7,11,18H2,1-6H3,(H,34,41)(H,35,39)(H,36,40)(H,37,42)/t21-,25?,26?,27-/m0/s1. The predicted octanol–water partition coefficient (Wildman–Crippen LogP) is 3.74. The van der Waals surface area contributed by atoms with Gasteiger partial charge in [0.2, 0.25) is 17.6 Å². The van der Waals surface area contributed by atoms with E-state index in [-0.39, 0.29) is 18.8 Å². The summed E-state index contributed by atoms with van der Waals surface area (Å²) in [6.45, 7) is 10.3. The van der Waals surface area contributed by atoms with Crippen LogP contribution in [0.1, 0.15) is 71.6 Å². The fourth-order valence-electron chi connectivity index (χ4n) is 4.32. The van der Waals surface area contributed by atoms with Crippen molar-refractivity contribution in [3.8, 4) is 0 Å². The molecule has 0 bridgehead atoms. The summed E-state index contributed by atoms with van der Waals surface area (Å²) in [4.78, 5) is 65.2. The SMILES string of the molecule is CCCC(NC(=O)C(Cc1ccc(F)cc1)NC(=O)[C@@H](NC(=O)OC(C)C)C(C)C)C(=O)C(=O)N[C@@H](C)c1ccccc1. The second-order valence-corrected chi connectivity index (χ2v) is 11.0. The summed E-state index contributed by atoms with van der Waals surface area (Å²) in [5.41, 5.74) is 1.36. The molecule has 0 saturated heterocycles. The molecule has 0 aliphatic heterocycles. The Hall–Kier alpha value is -4.28. The van der Waals surface area contributed by atoms with Gasteiger partial charge < -0.3 is 26.0 Å². The Morgan fingerprint density at radius 1 is 0.767 bits per heavy atom. The maximum absolute atomic E-state index is 13.6. The van der Waals surface area contributed by atoms with Crippen LogP contribution in [0, 0.1) is 11.7 Å². The number of rotatable bonds is 15. The van der Waals surface area contributed by atoms with E-state index in [9.17, 15) is 28.4 Å². The van der Waals surface area contributed by atoms with Crippen molar-refractivity contribution in [2.75, 3.05) is 0 Å². The normalized spacial score (nSPS) is 13.8. The summed E-state index contributed by atoms with van der Waals surface area (Å²) in [6, 6.07) is 10.7. The molecule has 0 aromatic heterocycles. The van der Waals surface area contributed by atoms with Crippen molar-refractivity contribution >= 4 is 29.6 Å². The molecule has 0 radical (unpaired) electrons. The number of alkyl carbamates (subject to hydrolysis) is 1. The molecule has 10 nitrogen and oxygen atoms in total. The molecule has 0 fully saturated rings. The molecule has 4 atom stereocenters. The third-order valence-corrected chi connectivity index (χ3v) is 6.63. The minimum absolute atomic E-state index is 0.0383. The number of ketones is 1. The molecular weight excluding hydrogens is 555 g/mol. The van der Waals surface area contributed by atoms with Crippen LogP contribution >= 0.6 is 0 Å². The highest BCUT2D eigenvalue weighted by Gasteiger charge is 2.33. The first-order chi connectivity index (χ1) is 20.3. The van der Waals surface area contributed by atoms with E-state index in [0.717, 1.165) is 5.56 Å². The number of nitrogens with one attached hydrogen (secondary N) is 4. The summed E-state index contributed by atoms with van der Waals surface area (Å²) in [5, 5.41) is 10.5. The topological polar surface area (TPSA) is 143 Å². The summed E-state index contributed by atoms with van der Waals surface area (Å²) in [6.07, 6.45) is -0.554. The van der Waals surface area contributed by atoms with Crippen LogP contribution in [0.5, 0.6) is 0 Å². The van der Waals surface area contributed by atoms with Gasteiger partial charge in [-0.25, -0.2) is 9.18 Å². The molecule has 2 rings (SSSR count). The van der Waals surface area contributed by atoms with E-state index in [1.54, 1.807) is 34.6 Å². The van der Waals surface area contributed by atoms with Crippen molar-refractivity contribution in [2.24, 2.45) is 5.92 Å². The van der Waals surface area contributed by atoms with Gasteiger partial charge >= 0.3 is 6.09 Å². The smallest absolute Gasteiger partial charge is 0.408 e. The minimum Gasteiger partial charge on any atom is -0.447 e. The molecule has 0 spiro atoms. The van der Waals surface area contributed by atoms with Crippen LogP contribution in [0.25, 0.3) is 0 Å². The third kappa shape index (κ3) is 11.5. The number of carbonyl (C=O) groups is 5. The van der Waals surface area contributed by atoms with E-state index < -0.39 is 65.7 Å². The predicted molar refractivity (Wildman–Crippen MR) is 160 cm³/mol. The van der Waals surface area contributed by atoms with Gasteiger partial charge in [-0.15, -0.1) is 0 Å². The maximum Gasteiger partial charge on any atom is 0.408 e. The Morgan fingerprint density at radius 2 is 1.37 bits per heavy atom. The van der Waals surface area contributed by atoms with E-state index in [1.165, 1.54) is 24.3 Å². The van der Waals surface area contributed by atoms with Gasteiger partial charge in [-0.2, -0.15) is 0 Å². The van der Waals surface area contributed by atoms with Gasteiger partial charge in [-0.05, 0) is 56.4 Å². The van der Waals surface area contributed by atoms with Gasteiger partial charge in [-0.1, -0.05) is 69.7 Å². The number of ether oxygens (including phenoxy) is 1. The van der Waals surface area contributed by atoms with Crippen molar-refractivity contribution in [3.63, 3.8) is 0 Å². The summed E-state index contributed by atoms with van der Waals surface area (Å²) < 4.78 is 18.6. The van der Waals surface area contributed by atoms with Crippen molar-refractivity contribution in [1.29, 1.82) is 0 Å². The van der Waals surface area contributed by atoms with Gasteiger partial charge in [-0.3, -0.25) is 19.2 Å². The zero-order chi connectivity index (χ0) is 32.1. The number of halogens is 1. The van der Waals surface area contributed by atoms with Gasteiger partial charge in [0.1, 0.15) is 17.9 Å². The molecule has 234 valence electrons. The van der Waals surface area contributed by atoms with E-state index >= 15 is 0 Å². The van der Waals surface area contributed by atoms with Crippen LogP contribution in [0.3, 0.4) is 0 Å². The van der Waals surface area contributed by atoms with Gasteiger partial charge in [0, 0.05) is 6.42 Å². The zero-order valence-electron chi connectivity index (χ0n) is 25.6. The van der Waals surface area contributed by atoms with Crippen LogP contribution in [-0.2, 0) is 30.3 Å². The van der Waals surface area contributed by atoms with Crippen molar-refractivity contribution in [3.05, 3.63) is 71.5 Å². The number of amides is 4. The number of Topliss-reactive ketones (excluding diaryl/α,β-unsaturated/α-hetero) is 1. The highest BCUT2D eigenvalue weighted by Crippen LogP contribution is 2.13. The van der Waals surface area contributed by atoms with Crippen LogP contribution in [0.2, 0.25) is 0 Å². The maximum atomic E-state index is 13.6. The molecule has 2 aromatic rings. The Morgan fingerprint density at radius 3 is 1.93 bits per heavy atom. The first kappa shape index (κ1) is 34.9. The monoisotopic (exact) mass is 598 g/mol. The number of carbonyl (C=O) groups excluding carboxylic acids is 5.